The molecule has 1 atom stereocenters. The smallest absolute Gasteiger partial charge is 0.243 e. The molecule has 0 aliphatic carbocycles. The van der Waals surface area contributed by atoms with Gasteiger partial charge < -0.3 is 10.1 Å². The third-order valence-electron chi connectivity index (χ3n) is 5.21. The highest BCUT2D eigenvalue weighted by atomic mass is 35.5. The lowest BCUT2D eigenvalue weighted by molar-refractivity contribution is -0.126. The fourth-order valence-electron chi connectivity index (χ4n) is 3.47. The number of nitrogens with zero attached hydrogens (tertiary/aromatic N) is 1. The van der Waals surface area contributed by atoms with Crippen molar-refractivity contribution >= 4 is 27.5 Å². The van der Waals surface area contributed by atoms with Crippen LogP contribution < -0.4 is 10.1 Å². The molecule has 0 radical (unpaired) electrons. The van der Waals surface area contributed by atoms with Crippen molar-refractivity contribution in [2.45, 2.75) is 31.6 Å². The lowest BCUT2D eigenvalue weighted by Gasteiger charge is -2.31. The Bertz CT molecular complexity index is 993. The first kappa shape index (κ1) is 22.6. The molecule has 0 spiro atoms. The van der Waals surface area contributed by atoms with Crippen LogP contribution in [0.15, 0.2) is 47.4 Å². The number of piperidine rings is 1. The number of amides is 1. The largest absolute Gasteiger partial charge is 0.491 e. The fraction of sp³-hybridized carbons (Fsp3) is 0.409. The Morgan fingerprint density at radius 1 is 1.20 bits per heavy atom. The molecule has 162 valence electrons. The minimum absolute atomic E-state index is 0.143. The molecular formula is C22H27ClN2O4S. The Morgan fingerprint density at radius 2 is 1.93 bits per heavy atom. The molecule has 0 bridgehead atoms. The predicted octanol–water partition coefficient (Wildman–Crippen LogP) is 3.55. The fourth-order valence-corrected chi connectivity index (χ4v) is 5.12. The lowest BCUT2D eigenvalue weighted by Crippen LogP contribution is -2.45. The van der Waals surface area contributed by atoms with Crippen LogP contribution in [-0.4, -0.2) is 44.9 Å². The van der Waals surface area contributed by atoms with Crippen LogP contribution in [0.3, 0.4) is 0 Å². The summed E-state index contributed by atoms with van der Waals surface area (Å²) < 4.78 is 32.9. The molecule has 6 nitrogen and oxygen atoms in total. The predicted molar refractivity (Wildman–Crippen MR) is 117 cm³/mol. The van der Waals surface area contributed by atoms with E-state index in [1.807, 2.05) is 32.0 Å². The average Bonchev–Trinajstić information content (AvgIpc) is 2.74. The van der Waals surface area contributed by atoms with Gasteiger partial charge in [-0.25, -0.2) is 8.42 Å². The summed E-state index contributed by atoms with van der Waals surface area (Å²) in [6.07, 6.45) is 1.31. The Balaban J connectivity index is 1.52. The van der Waals surface area contributed by atoms with Gasteiger partial charge in [-0.15, -0.1) is 0 Å². The van der Waals surface area contributed by atoms with E-state index in [1.54, 1.807) is 12.1 Å². The zero-order valence-corrected chi connectivity index (χ0v) is 18.8. The van der Waals surface area contributed by atoms with E-state index in [2.05, 4.69) is 5.32 Å². The Labute approximate surface area is 183 Å². The van der Waals surface area contributed by atoms with Gasteiger partial charge in [-0.2, -0.15) is 4.31 Å². The number of ether oxygens (including phenoxy) is 1. The molecule has 0 saturated carbocycles. The number of halogens is 1. The number of aryl methyl sites for hydroxylation is 2. The molecule has 0 unspecified atom stereocenters. The van der Waals surface area contributed by atoms with Crippen molar-refractivity contribution < 1.29 is 17.9 Å². The van der Waals surface area contributed by atoms with E-state index >= 15 is 0 Å². The average molecular weight is 451 g/mol. The highest BCUT2D eigenvalue weighted by Gasteiger charge is 2.33. The Kier molecular flexibility index (Phi) is 7.39. The summed E-state index contributed by atoms with van der Waals surface area (Å²) in [6, 6.07) is 12.1. The van der Waals surface area contributed by atoms with E-state index in [9.17, 15) is 13.2 Å². The van der Waals surface area contributed by atoms with Crippen LogP contribution in [0.5, 0.6) is 5.75 Å². The molecule has 1 fully saturated rings. The molecule has 1 heterocycles. The highest BCUT2D eigenvalue weighted by molar-refractivity contribution is 7.89. The van der Waals surface area contributed by atoms with E-state index in [0.29, 0.717) is 37.6 Å². The molecule has 1 aliphatic heterocycles. The Morgan fingerprint density at radius 3 is 2.67 bits per heavy atom. The van der Waals surface area contributed by atoms with Crippen LogP contribution in [0.1, 0.15) is 24.0 Å². The van der Waals surface area contributed by atoms with E-state index in [-0.39, 0.29) is 23.3 Å². The van der Waals surface area contributed by atoms with Crippen molar-refractivity contribution in [3.8, 4) is 5.75 Å². The normalized spacial score (nSPS) is 17.5. The van der Waals surface area contributed by atoms with Crippen LogP contribution in [0, 0.1) is 19.8 Å². The molecule has 1 saturated heterocycles. The summed E-state index contributed by atoms with van der Waals surface area (Å²) in [7, 11) is -3.65. The SMILES string of the molecule is Cc1ccc(C)c(OCCNC(=O)[C@@H]2CCCN(S(=O)(=O)c3ccc(Cl)cc3)C2)c1. The van der Waals surface area contributed by atoms with Gasteiger partial charge in [-0.1, -0.05) is 23.7 Å². The third-order valence-corrected chi connectivity index (χ3v) is 7.34. The molecule has 2 aromatic carbocycles. The summed E-state index contributed by atoms with van der Waals surface area (Å²) in [5.41, 5.74) is 2.16. The maximum atomic E-state index is 12.9. The second-order valence-electron chi connectivity index (χ2n) is 7.56. The zero-order chi connectivity index (χ0) is 21.7. The summed E-state index contributed by atoms with van der Waals surface area (Å²) in [5.74, 6) is 0.291. The topological polar surface area (TPSA) is 75.7 Å². The van der Waals surface area contributed by atoms with Crippen molar-refractivity contribution in [1.29, 1.82) is 0 Å². The molecule has 1 aliphatic rings. The van der Waals surface area contributed by atoms with E-state index in [1.165, 1.54) is 16.4 Å². The number of sulfonamides is 1. The second-order valence-corrected chi connectivity index (χ2v) is 9.94. The van der Waals surface area contributed by atoms with Crippen molar-refractivity contribution in [1.82, 2.24) is 9.62 Å². The molecule has 1 N–H and O–H groups in total. The second kappa shape index (κ2) is 9.81. The summed E-state index contributed by atoms with van der Waals surface area (Å²) in [4.78, 5) is 12.8. The van der Waals surface area contributed by atoms with Crippen molar-refractivity contribution in [2.24, 2.45) is 5.92 Å². The van der Waals surface area contributed by atoms with Gasteiger partial charge in [0.2, 0.25) is 15.9 Å². The van der Waals surface area contributed by atoms with Gasteiger partial charge in [0.1, 0.15) is 12.4 Å². The monoisotopic (exact) mass is 450 g/mol. The van der Waals surface area contributed by atoms with Gasteiger partial charge in [0.25, 0.3) is 0 Å². The first-order valence-electron chi connectivity index (χ1n) is 10.0. The van der Waals surface area contributed by atoms with E-state index in [0.717, 1.165) is 16.9 Å². The van der Waals surface area contributed by atoms with Gasteiger partial charge in [-0.05, 0) is 68.1 Å². The van der Waals surface area contributed by atoms with Crippen molar-refractivity contribution in [3.63, 3.8) is 0 Å². The summed E-state index contributed by atoms with van der Waals surface area (Å²) >= 11 is 5.86. The van der Waals surface area contributed by atoms with Gasteiger partial charge in [0, 0.05) is 18.1 Å². The zero-order valence-electron chi connectivity index (χ0n) is 17.2. The first-order valence-corrected chi connectivity index (χ1v) is 11.8. The van der Waals surface area contributed by atoms with Gasteiger partial charge in [0.05, 0.1) is 17.4 Å². The third kappa shape index (κ3) is 5.53. The summed E-state index contributed by atoms with van der Waals surface area (Å²) in [5, 5.41) is 3.35. The standard InChI is InChI=1S/C22H27ClN2O4S/c1-16-5-6-17(2)21(14-16)29-13-11-24-22(26)18-4-3-12-25(15-18)30(27,28)20-9-7-19(23)8-10-20/h5-10,14,18H,3-4,11-13,15H2,1-2H3,(H,24,26)/t18-/m1/s1. The van der Waals surface area contributed by atoms with Crippen molar-refractivity contribution in [2.75, 3.05) is 26.2 Å². The van der Waals surface area contributed by atoms with Crippen LogP contribution >= 0.6 is 11.6 Å². The van der Waals surface area contributed by atoms with Crippen molar-refractivity contribution in [3.05, 3.63) is 58.6 Å². The van der Waals surface area contributed by atoms with Gasteiger partial charge >= 0.3 is 0 Å². The number of nitrogens with one attached hydrogen (secondary N) is 1. The van der Waals surface area contributed by atoms with Crippen LogP contribution in [0.4, 0.5) is 0 Å². The van der Waals surface area contributed by atoms with Crippen LogP contribution in [-0.2, 0) is 14.8 Å². The number of hydrogen-bond donors (Lipinski definition) is 1. The first-order chi connectivity index (χ1) is 14.3. The molecule has 30 heavy (non-hydrogen) atoms. The minimum atomic E-state index is -3.65. The number of carbonyl (C=O) groups is 1. The van der Waals surface area contributed by atoms with Crippen LogP contribution in [0.2, 0.25) is 5.02 Å². The van der Waals surface area contributed by atoms with E-state index in [4.69, 9.17) is 16.3 Å². The van der Waals surface area contributed by atoms with Gasteiger partial charge in [-0.3, -0.25) is 4.79 Å². The molecule has 8 heteroatoms. The molecule has 1 amide bonds. The number of hydrogen-bond acceptors (Lipinski definition) is 4. The molecular weight excluding hydrogens is 424 g/mol. The maximum absolute atomic E-state index is 12.9. The molecule has 3 rings (SSSR count). The highest BCUT2D eigenvalue weighted by Crippen LogP contribution is 2.25. The number of benzene rings is 2. The Hall–Kier alpha value is -2.09. The van der Waals surface area contributed by atoms with E-state index < -0.39 is 10.0 Å². The number of carbonyl (C=O) groups excluding carboxylic acids is 1. The molecule has 0 aromatic heterocycles. The van der Waals surface area contributed by atoms with Crippen LogP contribution in [0.25, 0.3) is 0 Å². The maximum Gasteiger partial charge on any atom is 0.243 e. The van der Waals surface area contributed by atoms with Gasteiger partial charge in [0.15, 0.2) is 0 Å². The quantitative estimate of drug-likeness (QED) is 0.654. The minimum Gasteiger partial charge on any atom is -0.491 e. The lowest BCUT2D eigenvalue weighted by atomic mass is 9.99. The summed E-state index contributed by atoms with van der Waals surface area (Å²) in [6.45, 7) is 5.29. The molecule has 2 aromatic rings. The number of rotatable bonds is 7.